The molecule has 0 spiro atoms. The first-order chi connectivity index (χ1) is 12.6. The molecular weight excluding hydrogens is 396 g/mol. The molecule has 0 bridgehead atoms. The Kier molecular flexibility index (Phi) is 13.3. The van der Waals surface area contributed by atoms with Gasteiger partial charge in [0.2, 0.25) is 0 Å². The first-order valence-corrected chi connectivity index (χ1v) is 6.63. The van der Waals surface area contributed by atoms with E-state index in [2.05, 4.69) is 0 Å². The Bertz CT molecular complexity index is 523. The van der Waals surface area contributed by atoms with Gasteiger partial charge >= 0.3 is 35.8 Å². The summed E-state index contributed by atoms with van der Waals surface area (Å²) in [5, 5.41) is 67.6. The van der Waals surface area contributed by atoms with Crippen molar-refractivity contribution in [1.82, 2.24) is 0 Å². The number of carbonyl (C=O) groups excluding carboxylic acids is 1. The highest BCUT2D eigenvalue weighted by Gasteiger charge is 2.41. The second kappa shape index (κ2) is 12.7. The fraction of sp³-hybridized carbons (Fsp3) is 0.462. The molecule has 0 saturated carbocycles. The average Bonchev–Trinajstić information content (AvgIpc) is 2.46. The van der Waals surface area contributed by atoms with E-state index < -0.39 is 72.7 Å². The second-order valence-corrected chi connectivity index (χ2v) is 4.96. The lowest BCUT2D eigenvalue weighted by Crippen LogP contribution is -2.42. The molecule has 8 N–H and O–H groups in total. The summed E-state index contributed by atoms with van der Waals surface area (Å²) in [5.41, 5.74) is -5.48. The van der Waals surface area contributed by atoms with Gasteiger partial charge in [-0.1, -0.05) is 0 Å². The van der Waals surface area contributed by atoms with Crippen molar-refractivity contribution in [1.29, 1.82) is 0 Å². The van der Waals surface area contributed by atoms with Crippen molar-refractivity contribution in [2.24, 2.45) is 0 Å². The zero-order chi connectivity index (χ0) is 23.3. The van der Waals surface area contributed by atoms with Crippen molar-refractivity contribution in [3.63, 3.8) is 0 Å². The number of carbonyl (C=O) groups is 7. The number of hydrogen-bond acceptors (Lipinski definition) is 9. The quantitative estimate of drug-likeness (QED) is 0.181. The molecule has 0 unspecified atom stereocenters. The predicted molar refractivity (Wildman–Crippen MR) is 81.3 cm³/mol. The summed E-state index contributed by atoms with van der Waals surface area (Å²) in [6.07, 6.45) is -4.58. The van der Waals surface area contributed by atoms with Crippen LogP contribution in [-0.4, -0.2) is 94.7 Å². The van der Waals surface area contributed by atoms with Gasteiger partial charge in [-0.2, -0.15) is 0 Å². The predicted octanol–water partition coefficient (Wildman–Crippen LogP) is -2.68. The molecule has 0 saturated heterocycles. The summed E-state index contributed by atoms with van der Waals surface area (Å²) in [6, 6.07) is 0. The fourth-order valence-electron chi connectivity index (χ4n) is 1.43. The highest BCUT2D eigenvalue weighted by atomic mass is 16.4. The minimum absolute atomic E-state index is 1.14. The van der Waals surface area contributed by atoms with Gasteiger partial charge in [-0.05, 0) is 0 Å². The highest BCUT2D eigenvalue weighted by Crippen LogP contribution is 2.16. The monoisotopic (exact) mass is 414 g/mol. The first kappa shape index (κ1) is 29.2. The summed E-state index contributed by atoms with van der Waals surface area (Å²) in [6.45, 7) is 2.00. The SMILES string of the molecule is C=O.O=C(O)CC(O)(CC(=O)O)C(=O)O.O=C(O)CC(O)(CC(=O)O)C(=O)O. The van der Waals surface area contributed by atoms with Crippen molar-refractivity contribution >= 4 is 42.6 Å². The molecule has 15 heteroatoms. The molecule has 0 heterocycles. The van der Waals surface area contributed by atoms with E-state index in [1.807, 2.05) is 6.79 Å². The normalized spacial score (nSPS) is 10.2. The summed E-state index contributed by atoms with van der Waals surface area (Å²) in [5.74, 6) is -10.0. The van der Waals surface area contributed by atoms with E-state index in [0.29, 0.717) is 0 Å². The van der Waals surface area contributed by atoms with Crippen LogP contribution in [0, 0.1) is 0 Å². The fourth-order valence-corrected chi connectivity index (χ4v) is 1.43. The van der Waals surface area contributed by atoms with Gasteiger partial charge in [0.1, 0.15) is 6.79 Å². The maximum atomic E-state index is 10.3. The number of aliphatic hydroxyl groups is 2. The van der Waals surface area contributed by atoms with E-state index in [1.54, 1.807) is 0 Å². The Morgan fingerprint density at radius 1 is 0.500 bits per heavy atom. The molecule has 0 aliphatic heterocycles. The van der Waals surface area contributed by atoms with Crippen LogP contribution in [0.5, 0.6) is 0 Å². The lowest BCUT2D eigenvalue weighted by Gasteiger charge is -2.18. The van der Waals surface area contributed by atoms with Crippen molar-refractivity contribution < 1.29 is 74.4 Å². The Labute approximate surface area is 155 Å². The van der Waals surface area contributed by atoms with E-state index in [4.69, 9.17) is 45.6 Å². The number of rotatable bonds is 10. The van der Waals surface area contributed by atoms with Gasteiger partial charge in [-0.3, -0.25) is 19.2 Å². The third-order valence-electron chi connectivity index (χ3n) is 2.57. The maximum absolute atomic E-state index is 10.3. The van der Waals surface area contributed by atoms with E-state index in [-0.39, 0.29) is 0 Å². The molecule has 0 aliphatic rings. The second-order valence-electron chi connectivity index (χ2n) is 4.96. The average molecular weight is 414 g/mol. The van der Waals surface area contributed by atoms with Gasteiger partial charge in [0, 0.05) is 0 Å². The van der Waals surface area contributed by atoms with Gasteiger partial charge in [0.15, 0.2) is 11.2 Å². The molecule has 0 fully saturated rings. The largest absolute Gasteiger partial charge is 0.481 e. The number of aliphatic carboxylic acids is 6. The lowest BCUT2D eigenvalue weighted by atomic mass is 9.96. The molecular formula is C13H18O15. The van der Waals surface area contributed by atoms with Crippen LogP contribution in [-0.2, 0) is 33.6 Å². The van der Waals surface area contributed by atoms with E-state index in [1.165, 1.54) is 0 Å². The van der Waals surface area contributed by atoms with Crippen LogP contribution in [0.2, 0.25) is 0 Å². The summed E-state index contributed by atoms with van der Waals surface area (Å²) >= 11 is 0. The molecule has 160 valence electrons. The molecule has 0 radical (unpaired) electrons. The summed E-state index contributed by atoms with van der Waals surface area (Å²) in [7, 11) is 0. The van der Waals surface area contributed by atoms with Crippen LogP contribution in [0.3, 0.4) is 0 Å². The summed E-state index contributed by atoms with van der Waals surface area (Å²) < 4.78 is 0. The first-order valence-electron chi connectivity index (χ1n) is 6.63. The van der Waals surface area contributed by atoms with E-state index in [9.17, 15) is 28.8 Å². The molecule has 0 aliphatic carbocycles. The molecule has 0 aromatic carbocycles. The summed E-state index contributed by atoms with van der Waals surface area (Å²) in [4.78, 5) is 69.0. The molecule has 15 nitrogen and oxygen atoms in total. The molecule has 0 rings (SSSR count). The third-order valence-corrected chi connectivity index (χ3v) is 2.57. The Morgan fingerprint density at radius 3 is 0.714 bits per heavy atom. The zero-order valence-corrected chi connectivity index (χ0v) is 14.0. The van der Waals surface area contributed by atoms with E-state index >= 15 is 0 Å². The molecule has 0 atom stereocenters. The Morgan fingerprint density at radius 2 is 0.643 bits per heavy atom. The van der Waals surface area contributed by atoms with Gasteiger partial charge < -0.3 is 45.6 Å². The molecule has 0 aromatic rings. The number of carboxylic acid groups (broad SMARTS) is 6. The highest BCUT2D eigenvalue weighted by molar-refractivity contribution is 5.88. The Hall–Kier alpha value is -3.59. The van der Waals surface area contributed by atoms with Crippen molar-refractivity contribution in [2.45, 2.75) is 36.9 Å². The van der Waals surface area contributed by atoms with Crippen molar-refractivity contribution in [3.8, 4) is 0 Å². The molecule has 28 heavy (non-hydrogen) atoms. The standard InChI is InChI=1S/2C6H8O7.CH2O/c2*7-3(8)1-6(13,5(11)12)2-4(9)10;1-2/h2*13H,1-2H2,(H,7,8)(H,9,10)(H,11,12);1H2. The molecule has 0 amide bonds. The van der Waals surface area contributed by atoms with E-state index in [0.717, 1.165) is 0 Å². The minimum atomic E-state index is -2.74. The van der Waals surface area contributed by atoms with Crippen LogP contribution in [0.15, 0.2) is 0 Å². The van der Waals surface area contributed by atoms with Crippen molar-refractivity contribution in [3.05, 3.63) is 0 Å². The Balaban J connectivity index is -0.000000410. The van der Waals surface area contributed by atoms with Gasteiger partial charge in [0.05, 0.1) is 25.7 Å². The van der Waals surface area contributed by atoms with Crippen LogP contribution in [0.4, 0.5) is 0 Å². The topological polar surface area (TPSA) is 281 Å². The van der Waals surface area contributed by atoms with Crippen LogP contribution in [0.25, 0.3) is 0 Å². The van der Waals surface area contributed by atoms with Crippen LogP contribution in [0.1, 0.15) is 25.7 Å². The smallest absolute Gasteiger partial charge is 0.336 e. The number of hydrogen-bond donors (Lipinski definition) is 8. The van der Waals surface area contributed by atoms with Gasteiger partial charge in [0.25, 0.3) is 0 Å². The maximum Gasteiger partial charge on any atom is 0.336 e. The van der Waals surface area contributed by atoms with Crippen LogP contribution >= 0.6 is 0 Å². The van der Waals surface area contributed by atoms with Crippen LogP contribution < -0.4 is 0 Å². The van der Waals surface area contributed by atoms with Gasteiger partial charge in [-0.25, -0.2) is 9.59 Å². The zero-order valence-electron chi connectivity index (χ0n) is 14.0. The molecule has 0 aromatic heterocycles. The third kappa shape index (κ3) is 12.7. The van der Waals surface area contributed by atoms with Crippen molar-refractivity contribution in [2.75, 3.05) is 0 Å². The van der Waals surface area contributed by atoms with Gasteiger partial charge in [-0.15, -0.1) is 0 Å². The lowest BCUT2D eigenvalue weighted by molar-refractivity contribution is -0.170. The number of carboxylic acids is 6. The minimum Gasteiger partial charge on any atom is -0.481 e.